The molecule has 114 valence electrons. The number of thioether (sulfide) groups is 2. The number of hydrogen-bond acceptors (Lipinski definition) is 4. The average molecular weight is 334 g/mol. The summed E-state index contributed by atoms with van der Waals surface area (Å²) < 4.78 is 1.93. The second-order valence-electron chi connectivity index (χ2n) is 5.09. The minimum Gasteiger partial charge on any atom is -0.308 e. The van der Waals surface area contributed by atoms with Crippen LogP contribution < -0.4 is 5.32 Å². The molecule has 0 aromatic carbocycles. The zero-order valence-electron chi connectivity index (χ0n) is 12.4. The lowest BCUT2D eigenvalue weighted by Crippen LogP contribution is -2.40. The van der Waals surface area contributed by atoms with Crippen molar-refractivity contribution in [2.75, 3.05) is 18.1 Å². The van der Waals surface area contributed by atoms with Crippen molar-refractivity contribution >= 4 is 35.1 Å². The maximum atomic E-state index is 6.39. The summed E-state index contributed by atoms with van der Waals surface area (Å²) in [5.41, 5.74) is 1.14. The number of nitrogens with one attached hydrogen (secondary N) is 1. The van der Waals surface area contributed by atoms with E-state index in [1.54, 1.807) is 6.20 Å². The van der Waals surface area contributed by atoms with Gasteiger partial charge in [-0.1, -0.05) is 25.4 Å². The van der Waals surface area contributed by atoms with Crippen LogP contribution >= 0.6 is 35.1 Å². The molecule has 20 heavy (non-hydrogen) atoms. The van der Waals surface area contributed by atoms with Crippen LogP contribution in [0.15, 0.2) is 6.20 Å². The fourth-order valence-electron chi connectivity index (χ4n) is 2.69. The first kappa shape index (κ1) is 16.5. The predicted octanol–water partition coefficient (Wildman–Crippen LogP) is 3.74. The van der Waals surface area contributed by atoms with Crippen LogP contribution in [0.5, 0.6) is 0 Å². The van der Waals surface area contributed by atoms with Gasteiger partial charge in [0.25, 0.3) is 0 Å². The maximum Gasteiger partial charge on any atom is 0.0834 e. The first-order valence-electron chi connectivity index (χ1n) is 7.33. The van der Waals surface area contributed by atoms with Gasteiger partial charge in [-0.3, -0.25) is 4.68 Å². The molecule has 3 unspecified atom stereocenters. The van der Waals surface area contributed by atoms with Crippen molar-refractivity contribution in [1.29, 1.82) is 0 Å². The van der Waals surface area contributed by atoms with Crippen LogP contribution in [0.1, 0.15) is 38.4 Å². The zero-order valence-corrected chi connectivity index (χ0v) is 14.8. The van der Waals surface area contributed by atoms with E-state index in [2.05, 4.69) is 47.8 Å². The Labute approximate surface area is 135 Å². The summed E-state index contributed by atoms with van der Waals surface area (Å²) >= 11 is 10.6. The van der Waals surface area contributed by atoms with Crippen molar-refractivity contribution in [2.45, 2.75) is 43.2 Å². The number of rotatable bonds is 6. The minimum absolute atomic E-state index is 0.290. The lowest BCUT2D eigenvalue weighted by Gasteiger charge is -2.36. The van der Waals surface area contributed by atoms with Gasteiger partial charge in [0, 0.05) is 29.1 Å². The van der Waals surface area contributed by atoms with Crippen LogP contribution in [0.4, 0.5) is 0 Å². The summed E-state index contributed by atoms with van der Waals surface area (Å²) in [4.78, 5) is 0. The molecule has 0 aliphatic carbocycles. The molecule has 1 fully saturated rings. The molecule has 1 aliphatic rings. The standard InChI is InChI=1S/C14H24ClN3S2/c1-4-6-16-12(13-10(15)9-17-18(13)3)14-11(5-2)19-7-8-20-14/h9,11-12,14,16H,4-8H2,1-3H3. The molecule has 0 radical (unpaired) electrons. The van der Waals surface area contributed by atoms with Crippen molar-refractivity contribution in [1.82, 2.24) is 15.1 Å². The van der Waals surface area contributed by atoms with E-state index in [1.807, 2.05) is 11.7 Å². The van der Waals surface area contributed by atoms with E-state index in [9.17, 15) is 0 Å². The average Bonchev–Trinajstić information content (AvgIpc) is 2.80. The van der Waals surface area contributed by atoms with Crippen LogP contribution in [0.25, 0.3) is 0 Å². The molecular weight excluding hydrogens is 310 g/mol. The van der Waals surface area contributed by atoms with Crippen molar-refractivity contribution in [3.63, 3.8) is 0 Å². The van der Waals surface area contributed by atoms with E-state index in [0.717, 1.165) is 23.7 Å². The Morgan fingerprint density at radius 2 is 2.20 bits per heavy atom. The summed E-state index contributed by atoms with van der Waals surface area (Å²) in [5, 5.41) is 10.1. The van der Waals surface area contributed by atoms with E-state index < -0.39 is 0 Å². The predicted molar refractivity (Wildman–Crippen MR) is 92.0 cm³/mol. The van der Waals surface area contributed by atoms with Crippen LogP contribution in [0.2, 0.25) is 5.02 Å². The highest BCUT2D eigenvalue weighted by Gasteiger charge is 2.35. The molecule has 0 saturated carbocycles. The lowest BCUT2D eigenvalue weighted by atomic mass is 10.0. The van der Waals surface area contributed by atoms with Crippen molar-refractivity contribution < 1.29 is 0 Å². The van der Waals surface area contributed by atoms with Crippen molar-refractivity contribution in [3.05, 3.63) is 16.9 Å². The molecule has 0 spiro atoms. The summed E-state index contributed by atoms with van der Waals surface area (Å²) in [6, 6.07) is 0.290. The molecule has 2 rings (SSSR count). The summed E-state index contributed by atoms with van der Waals surface area (Å²) in [6.45, 7) is 5.51. The Kier molecular flexibility index (Phi) is 6.59. The Balaban J connectivity index is 2.26. The highest BCUT2D eigenvalue weighted by molar-refractivity contribution is 8.07. The van der Waals surface area contributed by atoms with Gasteiger partial charge in [0.1, 0.15) is 0 Å². The molecule has 1 aliphatic heterocycles. The second kappa shape index (κ2) is 7.97. The molecule has 3 nitrogen and oxygen atoms in total. The van der Waals surface area contributed by atoms with Gasteiger partial charge < -0.3 is 5.32 Å². The van der Waals surface area contributed by atoms with Crippen LogP contribution in [-0.4, -0.2) is 38.3 Å². The van der Waals surface area contributed by atoms with Crippen LogP contribution in [-0.2, 0) is 7.05 Å². The van der Waals surface area contributed by atoms with Gasteiger partial charge in [0.2, 0.25) is 0 Å². The third-order valence-corrected chi connectivity index (χ3v) is 7.31. The fourth-order valence-corrected chi connectivity index (χ4v) is 6.19. The molecule has 0 amide bonds. The van der Waals surface area contributed by atoms with E-state index >= 15 is 0 Å². The number of nitrogens with zero attached hydrogens (tertiary/aromatic N) is 2. The Bertz CT molecular complexity index is 405. The topological polar surface area (TPSA) is 29.9 Å². The van der Waals surface area contributed by atoms with Gasteiger partial charge >= 0.3 is 0 Å². The van der Waals surface area contributed by atoms with E-state index in [4.69, 9.17) is 11.6 Å². The molecule has 2 heterocycles. The third kappa shape index (κ3) is 3.67. The monoisotopic (exact) mass is 333 g/mol. The summed E-state index contributed by atoms with van der Waals surface area (Å²) in [5.74, 6) is 2.49. The van der Waals surface area contributed by atoms with E-state index in [0.29, 0.717) is 10.5 Å². The highest BCUT2D eigenvalue weighted by atomic mass is 35.5. The molecule has 1 saturated heterocycles. The molecule has 1 aromatic rings. The van der Waals surface area contributed by atoms with Crippen molar-refractivity contribution in [3.8, 4) is 0 Å². The fraction of sp³-hybridized carbons (Fsp3) is 0.786. The SMILES string of the molecule is CCCNC(c1c(Cl)cnn1C)C1SCCSC1CC. The van der Waals surface area contributed by atoms with Gasteiger partial charge in [0.15, 0.2) is 0 Å². The van der Waals surface area contributed by atoms with Crippen molar-refractivity contribution in [2.24, 2.45) is 7.05 Å². The number of hydrogen-bond donors (Lipinski definition) is 1. The summed E-state index contributed by atoms with van der Waals surface area (Å²) in [7, 11) is 1.99. The highest BCUT2D eigenvalue weighted by Crippen LogP contribution is 2.41. The van der Waals surface area contributed by atoms with Gasteiger partial charge in [-0.2, -0.15) is 28.6 Å². The third-order valence-electron chi connectivity index (χ3n) is 3.67. The smallest absolute Gasteiger partial charge is 0.0834 e. The van der Waals surface area contributed by atoms with E-state index in [-0.39, 0.29) is 6.04 Å². The molecule has 0 bridgehead atoms. The van der Waals surface area contributed by atoms with Crippen LogP contribution in [0, 0.1) is 0 Å². The van der Waals surface area contributed by atoms with Crippen LogP contribution in [0.3, 0.4) is 0 Å². The number of aromatic nitrogens is 2. The summed E-state index contributed by atoms with van der Waals surface area (Å²) in [6.07, 6.45) is 4.11. The molecule has 3 atom stereocenters. The molecule has 6 heteroatoms. The second-order valence-corrected chi connectivity index (χ2v) is 8.13. The zero-order chi connectivity index (χ0) is 14.5. The number of aryl methyl sites for hydroxylation is 1. The Morgan fingerprint density at radius 1 is 1.45 bits per heavy atom. The Hall–Kier alpha value is 0.160. The first-order valence-corrected chi connectivity index (χ1v) is 9.80. The maximum absolute atomic E-state index is 6.39. The normalized spacial score (nSPS) is 24.8. The molecular formula is C14H24ClN3S2. The molecule has 1 aromatic heterocycles. The largest absolute Gasteiger partial charge is 0.308 e. The van der Waals surface area contributed by atoms with Gasteiger partial charge in [-0.15, -0.1) is 0 Å². The van der Waals surface area contributed by atoms with Gasteiger partial charge in [0.05, 0.1) is 23.0 Å². The first-order chi connectivity index (χ1) is 9.69. The lowest BCUT2D eigenvalue weighted by molar-refractivity contribution is 0.468. The van der Waals surface area contributed by atoms with Gasteiger partial charge in [-0.05, 0) is 19.4 Å². The Morgan fingerprint density at radius 3 is 2.80 bits per heavy atom. The molecule has 1 N–H and O–H groups in total. The number of halogens is 1. The minimum atomic E-state index is 0.290. The van der Waals surface area contributed by atoms with Gasteiger partial charge in [-0.25, -0.2) is 0 Å². The van der Waals surface area contributed by atoms with E-state index in [1.165, 1.54) is 17.9 Å². The quantitative estimate of drug-likeness (QED) is 0.858.